The fraction of sp³-hybridized carbons (Fsp3) is 0.143. The Labute approximate surface area is 98.9 Å². The molecular formula is C14H13F2N. The number of nitrogen functional groups attached to an aromatic ring is 1. The molecule has 0 atom stereocenters. The maximum atomic E-state index is 13.8. The van der Waals surface area contributed by atoms with Gasteiger partial charge in [0, 0.05) is 11.3 Å². The van der Waals surface area contributed by atoms with Gasteiger partial charge < -0.3 is 5.73 Å². The number of aryl methyl sites for hydroxylation is 2. The van der Waals surface area contributed by atoms with E-state index >= 15 is 0 Å². The zero-order valence-corrected chi connectivity index (χ0v) is 9.72. The maximum absolute atomic E-state index is 13.8. The fourth-order valence-corrected chi connectivity index (χ4v) is 1.71. The van der Waals surface area contributed by atoms with E-state index in [-0.39, 0.29) is 5.56 Å². The first-order valence-corrected chi connectivity index (χ1v) is 5.31. The monoisotopic (exact) mass is 233 g/mol. The van der Waals surface area contributed by atoms with Crippen LogP contribution in [0, 0.1) is 25.5 Å². The van der Waals surface area contributed by atoms with Crippen molar-refractivity contribution >= 4 is 5.69 Å². The standard InChI is InChI=1S/C14H13F2N/c1-8-6-13(16)11(7-12(8)15)10-3-4-14(17)9(2)5-10/h3-7H,17H2,1-2H3. The summed E-state index contributed by atoms with van der Waals surface area (Å²) in [4.78, 5) is 0. The van der Waals surface area contributed by atoms with Gasteiger partial charge in [-0.1, -0.05) is 6.07 Å². The van der Waals surface area contributed by atoms with Crippen LogP contribution >= 0.6 is 0 Å². The van der Waals surface area contributed by atoms with Gasteiger partial charge in [-0.05, 0) is 54.8 Å². The van der Waals surface area contributed by atoms with E-state index in [1.54, 1.807) is 18.2 Å². The first-order valence-electron chi connectivity index (χ1n) is 5.31. The first kappa shape index (κ1) is 11.6. The zero-order chi connectivity index (χ0) is 12.6. The van der Waals surface area contributed by atoms with Gasteiger partial charge in [-0.25, -0.2) is 8.78 Å². The number of hydrogen-bond acceptors (Lipinski definition) is 1. The highest BCUT2D eigenvalue weighted by molar-refractivity contribution is 5.68. The maximum Gasteiger partial charge on any atom is 0.131 e. The van der Waals surface area contributed by atoms with Crippen molar-refractivity contribution in [2.75, 3.05) is 5.73 Å². The minimum absolute atomic E-state index is 0.260. The highest BCUT2D eigenvalue weighted by atomic mass is 19.1. The van der Waals surface area contributed by atoms with Gasteiger partial charge in [0.05, 0.1) is 0 Å². The second-order valence-electron chi connectivity index (χ2n) is 4.15. The third-order valence-electron chi connectivity index (χ3n) is 2.83. The molecular weight excluding hydrogens is 220 g/mol. The van der Waals surface area contributed by atoms with E-state index in [0.29, 0.717) is 16.8 Å². The van der Waals surface area contributed by atoms with Gasteiger partial charge in [0.25, 0.3) is 0 Å². The summed E-state index contributed by atoms with van der Waals surface area (Å²) in [6.07, 6.45) is 0. The topological polar surface area (TPSA) is 26.0 Å². The molecule has 17 heavy (non-hydrogen) atoms. The molecule has 0 amide bonds. The van der Waals surface area contributed by atoms with Crippen molar-refractivity contribution in [2.45, 2.75) is 13.8 Å². The average Bonchev–Trinajstić information content (AvgIpc) is 2.27. The number of halogens is 2. The first-order chi connectivity index (χ1) is 7.99. The molecule has 0 unspecified atom stereocenters. The van der Waals surface area contributed by atoms with Crippen LogP contribution in [0.4, 0.5) is 14.5 Å². The molecule has 0 saturated heterocycles. The Kier molecular flexibility index (Phi) is 2.84. The minimum Gasteiger partial charge on any atom is -0.399 e. The van der Waals surface area contributed by atoms with Crippen molar-refractivity contribution in [3.8, 4) is 11.1 Å². The summed E-state index contributed by atoms with van der Waals surface area (Å²) in [5, 5.41) is 0. The summed E-state index contributed by atoms with van der Waals surface area (Å²) < 4.78 is 27.2. The molecule has 0 aliphatic rings. The lowest BCUT2D eigenvalue weighted by atomic mass is 10.0. The van der Waals surface area contributed by atoms with Crippen LogP contribution in [-0.4, -0.2) is 0 Å². The molecule has 0 saturated carbocycles. The molecule has 0 radical (unpaired) electrons. The van der Waals surface area contributed by atoms with E-state index in [4.69, 9.17) is 5.73 Å². The van der Waals surface area contributed by atoms with Gasteiger partial charge >= 0.3 is 0 Å². The van der Waals surface area contributed by atoms with Crippen LogP contribution in [0.1, 0.15) is 11.1 Å². The average molecular weight is 233 g/mol. The van der Waals surface area contributed by atoms with Gasteiger partial charge in [-0.2, -0.15) is 0 Å². The highest BCUT2D eigenvalue weighted by Crippen LogP contribution is 2.27. The third-order valence-corrected chi connectivity index (χ3v) is 2.83. The van der Waals surface area contributed by atoms with Gasteiger partial charge in [0.2, 0.25) is 0 Å². The lowest BCUT2D eigenvalue weighted by molar-refractivity contribution is 0.595. The lowest BCUT2D eigenvalue weighted by Crippen LogP contribution is -1.93. The van der Waals surface area contributed by atoms with E-state index < -0.39 is 11.6 Å². The number of rotatable bonds is 1. The molecule has 2 N–H and O–H groups in total. The van der Waals surface area contributed by atoms with Crippen molar-refractivity contribution in [3.63, 3.8) is 0 Å². The normalized spacial score (nSPS) is 10.6. The Morgan fingerprint density at radius 1 is 0.882 bits per heavy atom. The van der Waals surface area contributed by atoms with Crippen LogP contribution in [0.3, 0.4) is 0 Å². The Hall–Kier alpha value is -1.90. The van der Waals surface area contributed by atoms with Gasteiger partial charge in [0.15, 0.2) is 0 Å². The number of hydrogen-bond donors (Lipinski definition) is 1. The Morgan fingerprint density at radius 3 is 2.24 bits per heavy atom. The van der Waals surface area contributed by atoms with Crippen molar-refractivity contribution in [1.82, 2.24) is 0 Å². The number of nitrogens with two attached hydrogens (primary N) is 1. The summed E-state index contributed by atoms with van der Waals surface area (Å²) in [5.41, 5.74) is 8.38. The van der Waals surface area contributed by atoms with Crippen molar-refractivity contribution in [2.24, 2.45) is 0 Å². The molecule has 0 aliphatic heterocycles. The van der Waals surface area contributed by atoms with Crippen molar-refractivity contribution in [3.05, 3.63) is 53.1 Å². The molecule has 3 heteroatoms. The summed E-state index contributed by atoms with van der Waals surface area (Å²) in [6, 6.07) is 7.56. The summed E-state index contributed by atoms with van der Waals surface area (Å²) in [7, 11) is 0. The second kappa shape index (κ2) is 4.17. The summed E-state index contributed by atoms with van der Waals surface area (Å²) in [5.74, 6) is -0.830. The zero-order valence-electron chi connectivity index (χ0n) is 9.72. The quantitative estimate of drug-likeness (QED) is 0.744. The van der Waals surface area contributed by atoms with Gasteiger partial charge in [0.1, 0.15) is 11.6 Å². The molecule has 0 heterocycles. The summed E-state index contributed by atoms with van der Waals surface area (Å²) >= 11 is 0. The molecule has 2 aromatic carbocycles. The Morgan fingerprint density at radius 2 is 1.59 bits per heavy atom. The van der Waals surface area contributed by atoms with Crippen LogP contribution < -0.4 is 5.73 Å². The van der Waals surface area contributed by atoms with E-state index in [2.05, 4.69) is 0 Å². The van der Waals surface area contributed by atoms with Gasteiger partial charge in [-0.3, -0.25) is 0 Å². The minimum atomic E-state index is -0.423. The number of benzene rings is 2. The SMILES string of the molecule is Cc1cc(-c2cc(F)c(C)cc2F)ccc1N. The van der Waals surface area contributed by atoms with Crippen LogP contribution in [0.15, 0.2) is 30.3 Å². The number of anilines is 1. The molecule has 0 bridgehead atoms. The molecule has 1 nitrogen and oxygen atoms in total. The van der Waals surface area contributed by atoms with Crippen LogP contribution in [-0.2, 0) is 0 Å². The van der Waals surface area contributed by atoms with Crippen LogP contribution in [0.25, 0.3) is 11.1 Å². The Balaban J connectivity index is 2.60. The van der Waals surface area contributed by atoms with Crippen LogP contribution in [0.5, 0.6) is 0 Å². The summed E-state index contributed by atoms with van der Waals surface area (Å²) in [6.45, 7) is 3.37. The smallest absolute Gasteiger partial charge is 0.131 e. The molecule has 0 aliphatic carbocycles. The predicted molar refractivity (Wildman–Crippen MR) is 65.7 cm³/mol. The van der Waals surface area contributed by atoms with Crippen molar-refractivity contribution in [1.29, 1.82) is 0 Å². The van der Waals surface area contributed by atoms with E-state index in [1.807, 2.05) is 6.92 Å². The predicted octanol–water partition coefficient (Wildman–Crippen LogP) is 3.83. The fourth-order valence-electron chi connectivity index (χ4n) is 1.71. The molecule has 0 aromatic heterocycles. The molecule has 0 fully saturated rings. The second-order valence-corrected chi connectivity index (χ2v) is 4.15. The lowest BCUT2D eigenvalue weighted by Gasteiger charge is -2.08. The van der Waals surface area contributed by atoms with Crippen LogP contribution in [0.2, 0.25) is 0 Å². The molecule has 2 rings (SSSR count). The largest absolute Gasteiger partial charge is 0.399 e. The Bertz CT molecular complexity index is 577. The van der Waals surface area contributed by atoms with Gasteiger partial charge in [-0.15, -0.1) is 0 Å². The third kappa shape index (κ3) is 2.13. The molecule has 88 valence electrons. The van der Waals surface area contributed by atoms with Crippen molar-refractivity contribution < 1.29 is 8.78 Å². The molecule has 0 spiro atoms. The van der Waals surface area contributed by atoms with E-state index in [1.165, 1.54) is 19.1 Å². The van der Waals surface area contributed by atoms with E-state index in [9.17, 15) is 8.78 Å². The van der Waals surface area contributed by atoms with E-state index in [0.717, 1.165) is 5.56 Å². The molecule has 2 aromatic rings. The highest BCUT2D eigenvalue weighted by Gasteiger charge is 2.09.